The molecule has 2 nitrogen and oxygen atoms in total. The van der Waals surface area contributed by atoms with Crippen LogP contribution in [-0.4, -0.2) is 7.11 Å². The summed E-state index contributed by atoms with van der Waals surface area (Å²) < 4.78 is 20.0. The molecule has 0 aliphatic carbocycles. The van der Waals surface area contributed by atoms with E-state index in [2.05, 4.69) is 15.9 Å². The molecule has 0 bridgehead atoms. The maximum Gasteiger partial charge on any atom is 0.127 e. The molecule has 0 amide bonds. The average Bonchev–Trinajstić information content (AvgIpc) is 2.43. The van der Waals surface area contributed by atoms with Crippen molar-refractivity contribution in [1.29, 1.82) is 0 Å². The minimum absolute atomic E-state index is 0.304. The van der Waals surface area contributed by atoms with Crippen LogP contribution >= 0.6 is 27.5 Å². The lowest BCUT2D eigenvalue weighted by molar-refractivity contribution is 0.405. The molecule has 2 aromatic carbocycles. The number of ether oxygens (including phenoxy) is 1. The third kappa shape index (κ3) is 3.32. The Morgan fingerprint density at radius 1 is 1.35 bits per heavy atom. The highest BCUT2D eigenvalue weighted by Crippen LogP contribution is 2.31. The molecule has 0 spiro atoms. The highest BCUT2D eigenvalue weighted by atomic mass is 79.9. The highest BCUT2D eigenvalue weighted by molar-refractivity contribution is 9.10. The van der Waals surface area contributed by atoms with Crippen molar-refractivity contribution in [2.24, 2.45) is 5.73 Å². The van der Waals surface area contributed by atoms with Gasteiger partial charge in [-0.05, 0) is 36.8 Å². The van der Waals surface area contributed by atoms with E-state index in [0.717, 1.165) is 10.0 Å². The fourth-order valence-corrected chi connectivity index (χ4v) is 2.67. The van der Waals surface area contributed by atoms with Crippen LogP contribution in [0, 0.1) is 5.82 Å². The van der Waals surface area contributed by atoms with E-state index in [9.17, 15) is 4.39 Å². The Balaban J connectivity index is 2.33. The quantitative estimate of drug-likeness (QED) is 0.874. The molecule has 0 radical (unpaired) electrons. The number of rotatable bonds is 4. The molecule has 1 atom stereocenters. The van der Waals surface area contributed by atoms with Gasteiger partial charge in [-0.3, -0.25) is 0 Å². The molecule has 0 aromatic heterocycles. The molecule has 0 heterocycles. The van der Waals surface area contributed by atoms with Gasteiger partial charge in [0, 0.05) is 26.7 Å². The normalized spacial score (nSPS) is 12.2. The van der Waals surface area contributed by atoms with E-state index in [-0.39, 0.29) is 5.82 Å². The van der Waals surface area contributed by atoms with Crippen LogP contribution < -0.4 is 10.5 Å². The number of benzene rings is 2. The van der Waals surface area contributed by atoms with Crippen molar-refractivity contribution in [2.75, 3.05) is 7.11 Å². The Morgan fingerprint density at radius 2 is 2.10 bits per heavy atom. The summed E-state index contributed by atoms with van der Waals surface area (Å²) in [5.41, 5.74) is 7.41. The monoisotopic (exact) mass is 357 g/mol. The predicted molar refractivity (Wildman–Crippen MR) is 82.7 cm³/mol. The van der Waals surface area contributed by atoms with Gasteiger partial charge in [0.1, 0.15) is 11.6 Å². The number of hydrogen-bond donors (Lipinski definition) is 1. The van der Waals surface area contributed by atoms with Crippen LogP contribution in [0.15, 0.2) is 40.9 Å². The summed E-state index contributed by atoms with van der Waals surface area (Å²) >= 11 is 9.43. The maximum atomic E-state index is 13.8. The lowest BCUT2D eigenvalue weighted by Gasteiger charge is -2.17. The van der Waals surface area contributed by atoms with Gasteiger partial charge in [-0.1, -0.05) is 33.6 Å². The van der Waals surface area contributed by atoms with Gasteiger partial charge in [-0.25, -0.2) is 4.39 Å². The molecule has 0 saturated heterocycles. The SMILES string of the molecule is COc1ccc(Br)cc1C(N)Cc1c(F)cccc1Cl. The van der Waals surface area contributed by atoms with Crippen LogP contribution in [-0.2, 0) is 6.42 Å². The second-order valence-corrected chi connectivity index (χ2v) is 5.72. The summed E-state index contributed by atoms with van der Waals surface area (Å²) in [6.45, 7) is 0. The Labute approximate surface area is 130 Å². The summed E-state index contributed by atoms with van der Waals surface area (Å²) in [5, 5.41) is 0.384. The molecule has 5 heteroatoms. The van der Waals surface area contributed by atoms with Gasteiger partial charge in [-0.15, -0.1) is 0 Å². The van der Waals surface area contributed by atoms with Crippen LogP contribution in [0.1, 0.15) is 17.2 Å². The molecule has 106 valence electrons. The Hall–Kier alpha value is -1.10. The summed E-state index contributed by atoms with van der Waals surface area (Å²) in [6, 6.07) is 9.77. The Morgan fingerprint density at radius 3 is 2.75 bits per heavy atom. The highest BCUT2D eigenvalue weighted by Gasteiger charge is 2.17. The van der Waals surface area contributed by atoms with Crippen LogP contribution in [0.2, 0.25) is 5.02 Å². The molecule has 0 aliphatic rings. The Kier molecular flexibility index (Phi) is 5.02. The zero-order chi connectivity index (χ0) is 14.7. The van der Waals surface area contributed by atoms with E-state index in [1.54, 1.807) is 19.2 Å². The standard InChI is InChI=1S/C15H14BrClFNO/c1-20-15-6-5-9(16)7-11(15)14(19)8-10-12(17)3-2-4-13(10)18/h2-7,14H,8,19H2,1H3. The smallest absolute Gasteiger partial charge is 0.127 e. The minimum Gasteiger partial charge on any atom is -0.496 e. The number of nitrogens with two attached hydrogens (primary N) is 1. The van der Waals surface area contributed by atoms with Gasteiger partial charge < -0.3 is 10.5 Å². The van der Waals surface area contributed by atoms with E-state index < -0.39 is 6.04 Å². The second-order valence-electron chi connectivity index (χ2n) is 4.40. The first-order valence-electron chi connectivity index (χ1n) is 6.05. The second kappa shape index (κ2) is 6.57. The molecular formula is C15H14BrClFNO. The van der Waals surface area contributed by atoms with Crippen LogP contribution in [0.3, 0.4) is 0 Å². The summed E-state index contributed by atoms with van der Waals surface area (Å²) in [6.07, 6.45) is 0.304. The van der Waals surface area contributed by atoms with Crippen molar-refractivity contribution in [3.63, 3.8) is 0 Å². The van der Waals surface area contributed by atoms with E-state index in [4.69, 9.17) is 22.1 Å². The van der Waals surface area contributed by atoms with Gasteiger partial charge in [0.15, 0.2) is 0 Å². The summed E-state index contributed by atoms with van der Waals surface area (Å²) in [5.74, 6) is 0.329. The number of halogens is 3. The first kappa shape index (κ1) is 15.3. The molecule has 2 aromatic rings. The van der Waals surface area contributed by atoms with E-state index in [0.29, 0.717) is 22.8 Å². The van der Waals surface area contributed by atoms with E-state index >= 15 is 0 Å². The van der Waals surface area contributed by atoms with Crippen LogP contribution in [0.4, 0.5) is 4.39 Å². The Bertz CT molecular complexity index is 601. The van der Waals surface area contributed by atoms with Crippen molar-refractivity contribution in [1.82, 2.24) is 0 Å². The van der Waals surface area contributed by atoms with Gasteiger partial charge in [0.05, 0.1) is 7.11 Å². The van der Waals surface area contributed by atoms with Gasteiger partial charge in [0.25, 0.3) is 0 Å². The zero-order valence-electron chi connectivity index (χ0n) is 10.9. The van der Waals surface area contributed by atoms with Crippen molar-refractivity contribution in [2.45, 2.75) is 12.5 Å². The van der Waals surface area contributed by atoms with Gasteiger partial charge in [-0.2, -0.15) is 0 Å². The fraction of sp³-hybridized carbons (Fsp3) is 0.200. The van der Waals surface area contributed by atoms with E-state index in [1.807, 2.05) is 18.2 Å². The summed E-state index contributed by atoms with van der Waals surface area (Å²) in [4.78, 5) is 0. The molecule has 20 heavy (non-hydrogen) atoms. The number of methoxy groups -OCH3 is 1. The fourth-order valence-electron chi connectivity index (χ4n) is 2.05. The molecule has 2 rings (SSSR count). The maximum absolute atomic E-state index is 13.8. The predicted octanol–water partition coefficient (Wildman–Crippen LogP) is 4.49. The van der Waals surface area contributed by atoms with Crippen molar-refractivity contribution in [3.8, 4) is 5.75 Å². The number of hydrogen-bond acceptors (Lipinski definition) is 2. The van der Waals surface area contributed by atoms with Crippen LogP contribution in [0.5, 0.6) is 5.75 Å². The van der Waals surface area contributed by atoms with Crippen LogP contribution in [0.25, 0.3) is 0 Å². The minimum atomic E-state index is -0.406. The lowest BCUT2D eigenvalue weighted by atomic mass is 9.98. The lowest BCUT2D eigenvalue weighted by Crippen LogP contribution is -2.15. The largest absolute Gasteiger partial charge is 0.496 e. The van der Waals surface area contributed by atoms with Crippen molar-refractivity contribution in [3.05, 3.63) is 62.8 Å². The third-order valence-electron chi connectivity index (χ3n) is 3.08. The molecule has 2 N–H and O–H groups in total. The third-order valence-corrected chi connectivity index (χ3v) is 3.92. The molecule has 0 aliphatic heterocycles. The summed E-state index contributed by atoms with van der Waals surface area (Å²) in [7, 11) is 1.58. The van der Waals surface area contributed by atoms with Crippen molar-refractivity contribution < 1.29 is 9.13 Å². The first-order chi connectivity index (χ1) is 9.52. The average molecular weight is 359 g/mol. The van der Waals surface area contributed by atoms with Gasteiger partial charge >= 0.3 is 0 Å². The van der Waals surface area contributed by atoms with Crippen molar-refractivity contribution >= 4 is 27.5 Å². The van der Waals surface area contributed by atoms with Gasteiger partial charge in [0.2, 0.25) is 0 Å². The first-order valence-corrected chi connectivity index (χ1v) is 7.22. The molecular weight excluding hydrogens is 345 g/mol. The molecule has 1 unspecified atom stereocenters. The molecule has 0 fully saturated rings. The molecule has 0 saturated carbocycles. The zero-order valence-corrected chi connectivity index (χ0v) is 13.2. The topological polar surface area (TPSA) is 35.2 Å². The van der Waals surface area contributed by atoms with E-state index in [1.165, 1.54) is 6.07 Å².